The second-order valence-corrected chi connectivity index (χ2v) is 10.1. The normalized spacial score (nSPS) is 24.1. The van der Waals surface area contributed by atoms with Gasteiger partial charge in [0, 0.05) is 12.1 Å². The van der Waals surface area contributed by atoms with Crippen molar-refractivity contribution in [2.45, 2.75) is 65.0 Å². The van der Waals surface area contributed by atoms with E-state index < -0.39 is 0 Å². The number of rotatable bonds is 5. The van der Waals surface area contributed by atoms with Crippen LogP contribution in [-0.4, -0.2) is 30.7 Å². The maximum absolute atomic E-state index is 13.0. The fourth-order valence-corrected chi connectivity index (χ4v) is 5.73. The molecule has 2 aliphatic carbocycles. The first-order valence-corrected chi connectivity index (χ1v) is 11.8. The Bertz CT molecular complexity index is 1060. The topological polar surface area (TPSA) is 38.8 Å². The standard InChI is InChI=1S/C28H33NO3/c1-18-13-19(2)15-21(14-18)26-20(3)29(27(30)32-26)17-22-16-28(11-12-28)10-9-23(22)24-7-5-6-8-25(24)31-4/h5-8,13-15,20,26H,9-12,16-17H2,1-4H3/t20-,26-/m0/s1. The first-order valence-electron chi connectivity index (χ1n) is 11.8. The van der Waals surface area contributed by atoms with Gasteiger partial charge in [-0.3, -0.25) is 4.90 Å². The zero-order chi connectivity index (χ0) is 22.5. The molecular formula is C28H33NO3. The molecule has 1 saturated heterocycles. The summed E-state index contributed by atoms with van der Waals surface area (Å²) in [6.45, 7) is 6.94. The molecule has 0 unspecified atom stereocenters. The summed E-state index contributed by atoms with van der Waals surface area (Å²) in [5, 5.41) is 0. The maximum Gasteiger partial charge on any atom is 0.411 e. The lowest BCUT2D eigenvalue weighted by Gasteiger charge is -2.31. The van der Waals surface area contributed by atoms with Gasteiger partial charge in [0.1, 0.15) is 11.9 Å². The molecule has 2 atom stereocenters. The fourth-order valence-electron chi connectivity index (χ4n) is 5.73. The number of nitrogens with zero attached hydrogens (tertiary/aromatic N) is 1. The summed E-state index contributed by atoms with van der Waals surface area (Å²) in [5.74, 6) is 0.914. The van der Waals surface area contributed by atoms with E-state index in [1.54, 1.807) is 7.11 Å². The van der Waals surface area contributed by atoms with Crippen LogP contribution in [0.1, 0.15) is 67.4 Å². The summed E-state index contributed by atoms with van der Waals surface area (Å²) >= 11 is 0. The van der Waals surface area contributed by atoms with Crippen LogP contribution >= 0.6 is 0 Å². The molecule has 1 aliphatic heterocycles. The van der Waals surface area contributed by atoms with E-state index in [-0.39, 0.29) is 18.2 Å². The molecule has 4 nitrogen and oxygen atoms in total. The number of para-hydroxylation sites is 1. The summed E-state index contributed by atoms with van der Waals surface area (Å²) in [4.78, 5) is 15.0. The van der Waals surface area contributed by atoms with E-state index in [1.165, 1.54) is 47.1 Å². The molecule has 3 aliphatic rings. The Morgan fingerprint density at radius 3 is 2.50 bits per heavy atom. The SMILES string of the molecule is COc1ccccc1C1=C(CN2C(=O)O[C@H](c3cc(C)cc(C)c3)[C@@H]2C)CC2(CC1)CC2. The lowest BCUT2D eigenvalue weighted by Crippen LogP contribution is -2.35. The van der Waals surface area contributed by atoms with E-state index in [2.05, 4.69) is 51.1 Å². The molecule has 0 aromatic heterocycles. The van der Waals surface area contributed by atoms with Crippen molar-refractivity contribution >= 4 is 11.7 Å². The molecule has 168 valence electrons. The average molecular weight is 432 g/mol. The average Bonchev–Trinajstić information content (AvgIpc) is 3.46. The van der Waals surface area contributed by atoms with Gasteiger partial charge in [0.15, 0.2) is 0 Å². The number of carbonyl (C=O) groups is 1. The minimum atomic E-state index is -0.227. The number of ether oxygens (including phenoxy) is 2. The number of allylic oxidation sites excluding steroid dienone is 1. The van der Waals surface area contributed by atoms with Crippen LogP contribution in [0.5, 0.6) is 5.75 Å². The van der Waals surface area contributed by atoms with Crippen molar-refractivity contribution in [1.82, 2.24) is 4.90 Å². The molecule has 1 amide bonds. The highest BCUT2D eigenvalue weighted by atomic mass is 16.6. The Kier molecular flexibility index (Phi) is 5.27. The Morgan fingerprint density at radius 2 is 1.81 bits per heavy atom. The molecule has 2 fully saturated rings. The van der Waals surface area contributed by atoms with E-state index >= 15 is 0 Å². The van der Waals surface area contributed by atoms with E-state index in [4.69, 9.17) is 9.47 Å². The molecule has 0 N–H and O–H groups in total. The number of amides is 1. The summed E-state index contributed by atoms with van der Waals surface area (Å²) in [6.07, 6.45) is 5.54. The predicted molar refractivity (Wildman–Crippen MR) is 127 cm³/mol. The van der Waals surface area contributed by atoms with E-state index in [1.807, 2.05) is 17.0 Å². The van der Waals surface area contributed by atoms with Gasteiger partial charge < -0.3 is 9.47 Å². The number of benzene rings is 2. The van der Waals surface area contributed by atoms with Gasteiger partial charge in [0.05, 0.1) is 13.2 Å². The van der Waals surface area contributed by atoms with Crippen molar-refractivity contribution in [2.75, 3.05) is 13.7 Å². The van der Waals surface area contributed by atoms with Crippen molar-refractivity contribution in [2.24, 2.45) is 5.41 Å². The summed E-state index contributed by atoms with van der Waals surface area (Å²) < 4.78 is 11.6. The van der Waals surface area contributed by atoms with Gasteiger partial charge >= 0.3 is 6.09 Å². The number of hydrogen-bond acceptors (Lipinski definition) is 3. The van der Waals surface area contributed by atoms with Gasteiger partial charge in [-0.15, -0.1) is 0 Å². The van der Waals surface area contributed by atoms with E-state index in [9.17, 15) is 4.79 Å². The van der Waals surface area contributed by atoms with Crippen LogP contribution in [0.2, 0.25) is 0 Å². The highest BCUT2D eigenvalue weighted by Gasteiger charge is 2.47. The lowest BCUT2D eigenvalue weighted by molar-refractivity contribution is 0.131. The molecule has 1 spiro atoms. The molecule has 32 heavy (non-hydrogen) atoms. The number of hydrogen-bond donors (Lipinski definition) is 0. The maximum atomic E-state index is 13.0. The van der Waals surface area contributed by atoms with Gasteiger partial charge in [-0.2, -0.15) is 0 Å². The van der Waals surface area contributed by atoms with Gasteiger partial charge in [0.2, 0.25) is 0 Å². The molecule has 0 bridgehead atoms. The highest BCUT2D eigenvalue weighted by molar-refractivity contribution is 5.77. The quantitative estimate of drug-likeness (QED) is 0.534. The van der Waals surface area contributed by atoms with Crippen LogP contribution in [-0.2, 0) is 4.74 Å². The van der Waals surface area contributed by atoms with Crippen LogP contribution < -0.4 is 4.74 Å². The molecule has 2 aromatic rings. The van der Waals surface area contributed by atoms with Crippen molar-refractivity contribution in [3.8, 4) is 5.75 Å². The monoisotopic (exact) mass is 431 g/mol. The molecule has 1 heterocycles. The Labute approximate surface area is 191 Å². The zero-order valence-electron chi connectivity index (χ0n) is 19.6. The van der Waals surface area contributed by atoms with Gasteiger partial charge in [-0.1, -0.05) is 47.5 Å². The molecule has 0 radical (unpaired) electrons. The second-order valence-electron chi connectivity index (χ2n) is 10.1. The van der Waals surface area contributed by atoms with E-state index in [0.29, 0.717) is 12.0 Å². The third-order valence-electron chi connectivity index (χ3n) is 7.64. The van der Waals surface area contributed by atoms with E-state index in [0.717, 1.165) is 24.2 Å². The summed E-state index contributed by atoms with van der Waals surface area (Å²) in [7, 11) is 1.73. The second kappa shape index (κ2) is 7.99. The minimum Gasteiger partial charge on any atom is -0.496 e. The van der Waals surface area contributed by atoms with Crippen molar-refractivity contribution in [3.05, 3.63) is 70.3 Å². The van der Waals surface area contributed by atoms with Gasteiger partial charge in [0.25, 0.3) is 0 Å². The predicted octanol–water partition coefficient (Wildman–Crippen LogP) is 6.61. The Hall–Kier alpha value is -2.75. The van der Waals surface area contributed by atoms with Gasteiger partial charge in [-0.25, -0.2) is 4.79 Å². The van der Waals surface area contributed by atoms with Gasteiger partial charge in [-0.05, 0) is 81.1 Å². The first kappa shape index (κ1) is 21.1. The Morgan fingerprint density at radius 1 is 1.09 bits per heavy atom. The first-order chi connectivity index (χ1) is 15.4. The van der Waals surface area contributed by atoms with Crippen molar-refractivity contribution in [1.29, 1.82) is 0 Å². The Balaban J connectivity index is 1.47. The summed E-state index contributed by atoms with van der Waals surface area (Å²) in [5.41, 5.74) is 7.86. The molecule has 2 aromatic carbocycles. The number of carbonyl (C=O) groups excluding carboxylic acids is 1. The lowest BCUT2D eigenvalue weighted by atomic mass is 9.78. The third-order valence-corrected chi connectivity index (χ3v) is 7.64. The largest absolute Gasteiger partial charge is 0.496 e. The van der Waals surface area contributed by atoms with Crippen molar-refractivity contribution < 1.29 is 14.3 Å². The smallest absolute Gasteiger partial charge is 0.411 e. The fraction of sp³-hybridized carbons (Fsp3) is 0.464. The van der Waals surface area contributed by atoms with Crippen LogP contribution in [0.15, 0.2) is 48.0 Å². The molecular weight excluding hydrogens is 398 g/mol. The van der Waals surface area contributed by atoms with Crippen LogP contribution in [0.3, 0.4) is 0 Å². The van der Waals surface area contributed by atoms with Crippen LogP contribution in [0, 0.1) is 19.3 Å². The van der Waals surface area contributed by atoms with Crippen molar-refractivity contribution in [3.63, 3.8) is 0 Å². The number of cyclic esters (lactones) is 1. The zero-order valence-corrected chi connectivity index (χ0v) is 19.6. The third kappa shape index (κ3) is 3.80. The number of aryl methyl sites for hydroxylation is 2. The highest BCUT2D eigenvalue weighted by Crippen LogP contribution is 2.59. The molecule has 5 rings (SSSR count). The molecule has 1 saturated carbocycles. The summed E-state index contributed by atoms with van der Waals surface area (Å²) in [6, 6.07) is 14.7. The minimum absolute atomic E-state index is 0.00722. The molecule has 4 heteroatoms. The number of methoxy groups -OCH3 is 1. The van der Waals surface area contributed by atoms with Crippen LogP contribution in [0.25, 0.3) is 5.57 Å². The van der Waals surface area contributed by atoms with Crippen LogP contribution in [0.4, 0.5) is 4.79 Å².